The Labute approximate surface area is 121 Å². The minimum Gasteiger partial charge on any atom is -0.311 e. The third-order valence-electron chi connectivity index (χ3n) is 4.62. The molecule has 1 saturated carbocycles. The molecule has 2 atom stereocenters. The van der Waals surface area contributed by atoms with Crippen molar-refractivity contribution in [1.29, 1.82) is 0 Å². The van der Waals surface area contributed by atoms with Crippen LogP contribution in [0.25, 0.3) is 0 Å². The largest absolute Gasteiger partial charge is 0.311 e. The summed E-state index contributed by atoms with van der Waals surface area (Å²) >= 11 is 1.50. The van der Waals surface area contributed by atoms with Gasteiger partial charge in [-0.25, -0.2) is 9.88 Å². The number of amides is 2. The Balaban J connectivity index is 1.69. The normalized spacial score (nSPS) is 29.5. The van der Waals surface area contributed by atoms with Crippen molar-refractivity contribution in [3.8, 4) is 0 Å². The molecule has 1 N–H and O–H groups in total. The van der Waals surface area contributed by atoms with Crippen molar-refractivity contribution in [1.82, 2.24) is 10.3 Å². The van der Waals surface area contributed by atoms with Crippen molar-refractivity contribution in [2.75, 3.05) is 11.4 Å². The van der Waals surface area contributed by atoms with Crippen LogP contribution >= 0.6 is 11.3 Å². The molecule has 0 radical (unpaired) electrons. The van der Waals surface area contributed by atoms with E-state index in [1.165, 1.54) is 21.1 Å². The monoisotopic (exact) mass is 291 g/mol. The number of nitrogens with zero attached hydrogens (tertiary/aromatic N) is 2. The van der Waals surface area contributed by atoms with Gasteiger partial charge in [-0.3, -0.25) is 9.59 Å². The molecule has 3 aliphatic rings. The first-order chi connectivity index (χ1) is 9.75. The molecule has 4 rings (SSSR count). The van der Waals surface area contributed by atoms with Gasteiger partial charge in [-0.2, -0.15) is 0 Å². The Kier molecular flexibility index (Phi) is 2.89. The molecule has 1 saturated heterocycles. The summed E-state index contributed by atoms with van der Waals surface area (Å²) in [6.07, 6.45) is 4.73. The number of thiazole rings is 1. The Morgan fingerprint density at radius 2 is 1.85 bits per heavy atom. The zero-order valence-electron chi connectivity index (χ0n) is 11.2. The van der Waals surface area contributed by atoms with E-state index < -0.39 is 0 Å². The number of aromatic nitrogens is 1. The number of hydrogen-bond acceptors (Lipinski definition) is 5. The zero-order valence-corrected chi connectivity index (χ0v) is 12.0. The van der Waals surface area contributed by atoms with E-state index in [-0.39, 0.29) is 23.7 Å². The number of hydrogen-bond donors (Lipinski definition) is 1. The van der Waals surface area contributed by atoms with Crippen molar-refractivity contribution in [3.63, 3.8) is 0 Å². The number of rotatable bonds is 1. The highest BCUT2D eigenvalue weighted by atomic mass is 32.1. The molecule has 1 aromatic rings. The van der Waals surface area contributed by atoms with Crippen LogP contribution in [0.3, 0.4) is 0 Å². The second-order valence-electron chi connectivity index (χ2n) is 5.80. The SMILES string of the molecule is O=C1C2CCCCC2C(=O)N1c1nc2c(s1)CNCC2. The summed E-state index contributed by atoms with van der Waals surface area (Å²) in [6.45, 7) is 1.72. The van der Waals surface area contributed by atoms with Gasteiger partial charge in [0, 0.05) is 24.4 Å². The molecular formula is C14H17N3O2S. The zero-order chi connectivity index (χ0) is 13.7. The van der Waals surface area contributed by atoms with Crippen molar-refractivity contribution in [2.45, 2.75) is 38.6 Å². The Morgan fingerprint density at radius 1 is 1.15 bits per heavy atom. The number of carbonyl (C=O) groups excluding carboxylic acids is 2. The van der Waals surface area contributed by atoms with Crippen LogP contribution in [0.4, 0.5) is 5.13 Å². The lowest BCUT2D eigenvalue weighted by Gasteiger charge is -2.19. The van der Waals surface area contributed by atoms with Crippen LogP contribution in [0, 0.1) is 11.8 Å². The van der Waals surface area contributed by atoms with E-state index in [0.717, 1.165) is 50.9 Å². The van der Waals surface area contributed by atoms with E-state index in [2.05, 4.69) is 10.3 Å². The summed E-state index contributed by atoms with van der Waals surface area (Å²) in [6, 6.07) is 0. The highest BCUT2D eigenvalue weighted by Crippen LogP contribution is 2.41. The molecule has 2 unspecified atom stereocenters. The third kappa shape index (κ3) is 1.74. The van der Waals surface area contributed by atoms with Gasteiger partial charge in [-0.1, -0.05) is 24.2 Å². The first-order valence-electron chi connectivity index (χ1n) is 7.33. The molecule has 6 heteroatoms. The van der Waals surface area contributed by atoms with Crippen LogP contribution in [0.2, 0.25) is 0 Å². The average molecular weight is 291 g/mol. The highest BCUT2D eigenvalue weighted by molar-refractivity contribution is 7.16. The van der Waals surface area contributed by atoms with Gasteiger partial charge >= 0.3 is 0 Å². The van der Waals surface area contributed by atoms with Crippen molar-refractivity contribution >= 4 is 28.3 Å². The molecule has 2 amide bonds. The fourth-order valence-electron chi connectivity index (χ4n) is 3.56. The molecule has 0 aromatic carbocycles. The number of anilines is 1. The summed E-state index contributed by atoms with van der Waals surface area (Å²) in [5.74, 6) is -0.205. The summed E-state index contributed by atoms with van der Waals surface area (Å²) in [4.78, 5) is 32.1. The van der Waals surface area contributed by atoms with Gasteiger partial charge < -0.3 is 5.32 Å². The molecule has 20 heavy (non-hydrogen) atoms. The maximum absolute atomic E-state index is 12.5. The summed E-state index contributed by atoms with van der Waals surface area (Å²) < 4.78 is 0. The summed E-state index contributed by atoms with van der Waals surface area (Å²) in [5, 5.41) is 3.90. The quantitative estimate of drug-likeness (QED) is 0.796. The number of nitrogens with one attached hydrogen (secondary N) is 1. The van der Waals surface area contributed by atoms with E-state index in [1.807, 2.05) is 0 Å². The minimum absolute atomic E-state index is 0.0150. The van der Waals surface area contributed by atoms with Crippen LogP contribution in [-0.4, -0.2) is 23.3 Å². The molecule has 0 spiro atoms. The lowest BCUT2D eigenvalue weighted by Crippen LogP contribution is -2.30. The van der Waals surface area contributed by atoms with Gasteiger partial charge in [0.15, 0.2) is 5.13 Å². The fourth-order valence-corrected chi connectivity index (χ4v) is 4.65. The first-order valence-corrected chi connectivity index (χ1v) is 8.14. The second-order valence-corrected chi connectivity index (χ2v) is 6.86. The molecule has 5 nitrogen and oxygen atoms in total. The Bertz CT molecular complexity index is 535. The van der Waals surface area contributed by atoms with E-state index in [0.29, 0.717) is 5.13 Å². The topological polar surface area (TPSA) is 62.3 Å². The van der Waals surface area contributed by atoms with Crippen LogP contribution in [-0.2, 0) is 22.6 Å². The van der Waals surface area contributed by atoms with E-state index >= 15 is 0 Å². The van der Waals surface area contributed by atoms with Gasteiger partial charge in [0.05, 0.1) is 17.5 Å². The van der Waals surface area contributed by atoms with E-state index in [1.54, 1.807) is 0 Å². The summed E-state index contributed by atoms with van der Waals surface area (Å²) in [7, 11) is 0. The smallest absolute Gasteiger partial charge is 0.239 e. The van der Waals surface area contributed by atoms with Crippen LogP contribution < -0.4 is 10.2 Å². The molecule has 0 bridgehead atoms. The standard InChI is InChI=1S/C14H17N3O2S/c18-12-8-3-1-2-4-9(8)13(19)17(12)14-16-10-5-6-15-7-11(10)20-14/h8-9,15H,1-7H2. The first kappa shape index (κ1) is 12.5. The molecule has 1 aliphatic carbocycles. The van der Waals surface area contributed by atoms with Gasteiger partial charge in [0.25, 0.3) is 0 Å². The fraction of sp³-hybridized carbons (Fsp3) is 0.643. The highest BCUT2D eigenvalue weighted by Gasteiger charge is 2.49. The number of carbonyl (C=O) groups is 2. The average Bonchev–Trinajstić information content (AvgIpc) is 3.00. The van der Waals surface area contributed by atoms with Crippen molar-refractivity contribution in [3.05, 3.63) is 10.6 Å². The van der Waals surface area contributed by atoms with Gasteiger partial charge in [-0.15, -0.1) is 0 Å². The van der Waals surface area contributed by atoms with Crippen molar-refractivity contribution < 1.29 is 9.59 Å². The van der Waals surface area contributed by atoms with E-state index in [9.17, 15) is 9.59 Å². The van der Waals surface area contributed by atoms with Crippen LogP contribution in [0.15, 0.2) is 0 Å². The number of fused-ring (bicyclic) bond motifs is 2. The maximum Gasteiger partial charge on any atom is 0.239 e. The Hall–Kier alpha value is -1.27. The maximum atomic E-state index is 12.5. The van der Waals surface area contributed by atoms with Gasteiger partial charge in [-0.05, 0) is 12.8 Å². The van der Waals surface area contributed by atoms with Gasteiger partial charge in [0.1, 0.15) is 0 Å². The predicted molar refractivity (Wildman–Crippen MR) is 75.5 cm³/mol. The third-order valence-corrected chi connectivity index (χ3v) is 5.71. The van der Waals surface area contributed by atoms with Gasteiger partial charge in [0.2, 0.25) is 11.8 Å². The molecule has 3 heterocycles. The molecule has 2 fully saturated rings. The lowest BCUT2D eigenvalue weighted by molar-refractivity contribution is -0.122. The molecule has 1 aromatic heterocycles. The summed E-state index contributed by atoms with van der Waals surface area (Å²) in [5.41, 5.74) is 1.05. The van der Waals surface area contributed by atoms with Crippen molar-refractivity contribution in [2.24, 2.45) is 11.8 Å². The van der Waals surface area contributed by atoms with Crippen LogP contribution in [0.5, 0.6) is 0 Å². The Morgan fingerprint density at radius 3 is 2.50 bits per heavy atom. The lowest BCUT2D eigenvalue weighted by atomic mass is 9.81. The predicted octanol–water partition coefficient (Wildman–Crippen LogP) is 1.47. The van der Waals surface area contributed by atoms with Crippen LogP contribution in [0.1, 0.15) is 36.3 Å². The molecular weight excluding hydrogens is 274 g/mol. The van der Waals surface area contributed by atoms with E-state index in [4.69, 9.17) is 0 Å². The minimum atomic E-state index is -0.0877. The molecule has 106 valence electrons. The second kappa shape index (κ2) is 4.63. The molecule has 2 aliphatic heterocycles. The number of imide groups is 1.